The summed E-state index contributed by atoms with van der Waals surface area (Å²) in [6.07, 6.45) is 11.5. The van der Waals surface area contributed by atoms with Crippen molar-refractivity contribution in [3.63, 3.8) is 0 Å². The first-order valence-corrected chi connectivity index (χ1v) is 13.2. The summed E-state index contributed by atoms with van der Waals surface area (Å²) in [5.41, 5.74) is 4.79. The monoisotopic (exact) mass is 485 g/mol. The molecule has 7 nitrogen and oxygen atoms in total. The molecule has 0 unspecified atom stereocenters. The second kappa shape index (κ2) is 11.1. The fraction of sp³-hybridized carbons (Fsp3) is 0.448. The Morgan fingerprint density at radius 3 is 2.81 bits per heavy atom. The predicted octanol–water partition coefficient (Wildman–Crippen LogP) is 4.37. The number of piperidine rings is 1. The van der Waals surface area contributed by atoms with Crippen LogP contribution in [0, 0.1) is 12.8 Å². The van der Waals surface area contributed by atoms with Gasteiger partial charge < -0.3 is 10.2 Å². The quantitative estimate of drug-likeness (QED) is 0.503. The molecule has 2 aromatic heterocycles. The molecule has 2 aliphatic rings. The predicted molar refractivity (Wildman–Crippen MR) is 143 cm³/mol. The first-order chi connectivity index (χ1) is 17.6. The third-order valence-corrected chi connectivity index (χ3v) is 7.37. The van der Waals surface area contributed by atoms with E-state index in [0.717, 1.165) is 44.2 Å². The lowest BCUT2D eigenvalue weighted by Crippen LogP contribution is -2.46. The van der Waals surface area contributed by atoms with Crippen LogP contribution in [0.25, 0.3) is 11.2 Å². The molecular formula is C29H35N5O2. The van der Waals surface area contributed by atoms with Gasteiger partial charge in [-0.3, -0.25) is 14.2 Å². The number of amides is 1. The maximum absolute atomic E-state index is 13.7. The number of aromatic nitrogens is 3. The second-order valence-corrected chi connectivity index (χ2v) is 10.1. The van der Waals surface area contributed by atoms with E-state index < -0.39 is 0 Å². The molecule has 1 saturated heterocycles. The zero-order valence-corrected chi connectivity index (χ0v) is 21.1. The molecule has 0 saturated carbocycles. The molecule has 0 bridgehead atoms. The highest BCUT2D eigenvalue weighted by atomic mass is 16.2. The Morgan fingerprint density at radius 1 is 1.14 bits per heavy atom. The number of rotatable bonds is 7. The van der Waals surface area contributed by atoms with Crippen molar-refractivity contribution in [1.29, 1.82) is 0 Å². The van der Waals surface area contributed by atoms with Gasteiger partial charge in [0.05, 0.1) is 12.5 Å². The van der Waals surface area contributed by atoms with Crippen molar-refractivity contribution in [2.75, 3.05) is 24.5 Å². The van der Waals surface area contributed by atoms with E-state index in [9.17, 15) is 9.59 Å². The summed E-state index contributed by atoms with van der Waals surface area (Å²) in [6.45, 7) is 4.39. The molecular weight excluding hydrogens is 450 g/mol. The van der Waals surface area contributed by atoms with Crippen LogP contribution in [0.1, 0.15) is 56.1 Å². The van der Waals surface area contributed by atoms with Crippen LogP contribution in [-0.2, 0) is 11.3 Å². The second-order valence-electron chi connectivity index (χ2n) is 10.1. The highest BCUT2D eigenvalue weighted by molar-refractivity contribution is 5.79. The van der Waals surface area contributed by atoms with Gasteiger partial charge in [0.1, 0.15) is 5.52 Å². The van der Waals surface area contributed by atoms with E-state index in [-0.39, 0.29) is 17.4 Å². The van der Waals surface area contributed by atoms with E-state index in [2.05, 4.69) is 28.5 Å². The minimum Gasteiger partial charge on any atom is -0.355 e. The molecule has 36 heavy (non-hydrogen) atoms. The van der Waals surface area contributed by atoms with Crippen LogP contribution >= 0.6 is 0 Å². The SMILES string of the molecule is Cc1ccc(Cn2c(=O)c(N3CCC[C@H](C(=O)NCCC4=CCCCC4)C3)nc3cccnc32)cc1. The van der Waals surface area contributed by atoms with E-state index >= 15 is 0 Å². The molecule has 1 aliphatic carbocycles. The Kier molecular flexibility index (Phi) is 7.44. The van der Waals surface area contributed by atoms with Crippen molar-refractivity contribution in [3.8, 4) is 0 Å². The Bertz CT molecular complexity index is 1310. The average molecular weight is 486 g/mol. The number of nitrogens with one attached hydrogen (secondary N) is 1. The Balaban J connectivity index is 1.34. The molecule has 7 heteroatoms. The fourth-order valence-corrected chi connectivity index (χ4v) is 5.30. The summed E-state index contributed by atoms with van der Waals surface area (Å²) in [6, 6.07) is 11.9. The van der Waals surface area contributed by atoms with Gasteiger partial charge in [-0.1, -0.05) is 41.5 Å². The van der Waals surface area contributed by atoms with Crippen LogP contribution in [0.2, 0.25) is 0 Å². The molecule has 1 atom stereocenters. The maximum Gasteiger partial charge on any atom is 0.295 e. The molecule has 3 heterocycles. The van der Waals surface area contributed by atoms with Crippen molar-refractivity contribution in [3.05, 3.63) is 75.7 Å². The zero-order chi connectivity index (χ0) is 24.9. The van der Waals surface area contributed by atoms with E-state index in [4.69, 9.17) is 4.98 Å². The topological polar surface area (TPSA) is 80.1 Å². The van der Waals surface area contributed by atoms with Crippen molar-refractivity contribution in [2.24, 2.45) is 5.92 Å². The third-order valence-electron chi connectivity index (χ3n) is 7.37. The maximum atomic E-state index is 13.7. The van der Waals surface area contributed by atoms with Crippen molar-refractivity contribution >= 4 is 22.9 Å². The number of carbonyl (C=O) groups is 1. The molecule has 0 spiro atoms. The smallest absolute Gasteiger partial charge is 0.295 e. The van der Waals surface area contributed by atoms with Gasteiger partial charge in [-0.2, -0.15) is 0 Å². The van der Waals surface area contributed by atoms with Gasteiger partial charge in [0.25, 0.3) is 5.56 Å². The van der Waals surface area contributed by atoms with Crippen LogP contribution in [0.15, 0.2) is 59.0 Å². The molecule has 0 radical (unpaired) electrons. The highest BCUT2D eigenvalue weighted by Crippen LogP contribution is 2.23. The Hall–Kier alpha value is -3.48. The van der Waals surface area contributed by atoms with Crippen molar-refractivity contribution in [2.45, 2.75) is 58.4 Å². The first-order valence-electron chi connectivity index (χ1n) is 13.2. The van der Waals surface area contributed by atoms with Gasteiger partial charge in [0.15, 0.2) is 11.5 Å². The number of anilines is 1. The van der Waals surface area contributed by atoms with E-state index in [1.165, 1.54) is 24.0 Å². The largest absolute Gasteiger partial charge is 0.355 e. The highest BCUT2D eigenvalue weighted by Gasteiger charge is 2.28. The summed E-state index contributed by atoms with van der Waals surface area (Å²) in [5.74, 6) is 0.349. The number of hydrogen-bond acceptors (Lipinski definition) is 5. The summed E-state index contributed by atoms with van der Waals surface area (Å²) in [7, 11) is 0. The van der Waals surface area contributed by atoms with Gasteiger partial charge in [-0.05, 0) is 69.6 Å². The van der Waals surface area contributed by atoms with Crippen LogP contribution in [0.3, 0.4) is 0 Å². The summed E-state index contributed by atoms with van der Waals surface area (Å²) in [4.78, 5) is 37.9. The zero-order valence-electron chi connectivity index (χ0n) is 21.1. The summed E-state index contributed by atoms with van der Waals surface area (Å²) >= 11 is 0. The number of fused-ring (bicyclic) bond motifs is 1. The van der Waals surface area contributed by atoms with Gasteiger partial charge in [0, 0.05) is 25.8 Å². The van der Waals surface area contributed by atoms with Crippen LogP contribution < -0.4 is 15.8 Å². The lowest BCUT2D eigenvalue weighted by Gasteiger charge is -2.32. The number of pyridine rings is 1. The number of benzene rings is 1. The number of nitrogens with zero attached hydrogens (tertiary/aromatic N) is 4. The molecule has 1 aromatic carbocycles. The number of carbonyl (C=O) groups excluding carboxylic acids is 1. The van der Waals surface area contributed by atoms with Crippen molar-refractivity contribution in [1.82, 2.24) is 19.9 Å². The Morgan fingerprint density at radius 2 is 2.00 bits per heavy atom. The normalized spacial score (nSPS) is 18.2. The van der Waals surface area contributed by atoms with Gasteiger partial charge in [-0.25, -0.2) is 9.97 Å². The number of allylic oxidation sites excluding steroid dienone is 1. The van der Waals surface area contributed by atoms with E-state index in [1.54, 1.807) is 10.8 Å². The minimum atomic E-state index is -0.160. The minimum absolute atomic E-state index is 0.0820. The van der Waals surface area contributed by atoms with E-state index in [0.29, 0.717) is 36.6 Å². The lowest BCUT2D eigenvalue weighted by atomic mass is 9.96. The third kappa shape index (κ3) is 5.50. The Labute approximate surface area is 212 Å². The fourth-order valence-electron chi connectivity index (χ4n) is 5.30. The summed E-state index contributed by atoms with van der Waals surface area (Å²) < 4.78 is 1.71. The molecule has 1 fully saturated rings. The van der Waals surface area contributed by atoms with Crippen LogP contribution in [0.4, 0.5) is 5.82 Å². The van der Waals surface area contributed by atoms with Gasteiger partial charge >= 0.3 is 0 Å². The molecule has 188 valence electrons. The van der Waals surface area contributed by atoms with E-state index in [1.807, 2.05) is 36.1 Å². The summed E-state index contributed by atoms with van der Waals surface area (Å²) in [5, 5.41) is 3.14. The molecule has 1 aliphatic heterocycles. The average Bonchev–Trinajstić information content (AvgIpc) is 2.92. The van der Waals surface area contributed by atoms with Gasteiger partial charge in [-0.15, -0.1) is 0 Å². The van der Waals surface area contributed by atoms with Gasteiger partial charge in [0.2, 0.25) is 5.91 Å². The standard InChI is InChI=1S/C29H35N5O2/c1-21-11-13-23(14-12-21)19-34-26-25(10-5-16-30-26)32-27(29(34)36)33-18-6-9-24(20-33)28(35)31-17-15-22-7-3-2-4-8-22/h5,7,10-14,16,24H,2-4,6,8-9,15,17-20H2,1H3,(H,31,35)/t24-/m0/s1. The van der Waals surface area contributed by atoms with Crippen molar-refractivity contribution < 1.29 is 4.79 Å². The lowest BCUT2D eigenvalue weighted by molar-refractivity contribution is -0.125. The molecule has 1 N–H and O–H groups in total. The molecule has 3 aromatic rings. The van der Waals surface area contributed by atoms with Crippen LogP contribution in [-0.4, -0.2) is 40.1 Å². The number of aryl methyl sites for hydroxylation is 1. The first kappa shape index (κ1) is 24.2. The molecule has 1 amide bonds. The van der Waals surface area contributed by atoms with Crippen LogP contribution in [0.5, 0.6) is 0 Å². The number of hydrogen-bond donors (Lipinski definition) is 1. The molecule has 5 rings (SSSR count).